The van der Waals surface area contributed by atoms with Gasteiger partial charge in [0, 0.05) is 32.2 Å². The predicted molar refractivity (Wildman–Crippen MR) is 103 cm³/mol. The molecule has 0 aromatic carbocycles. The normalized spacial score (nSPS) is 12.7. The van der Waals surface area contributed by atoms with E-state index in [4.69, 9.17) is 4.42 Å². The highest BCUT2D eigenvalue weighted by molar-refractivity contribution is 5.92. The van der Waals surface area contributed by atoms with Crippen molar-refractivity contribution in [2.45, 2.75) is 52.9 Å². The zero-order valence-corrected chi connectivity index (χ0v) is 16.2. The molecule has 0 fully saturated rings. The Morgan fingerprint density at radius 2 is 1.96 bits per heavy atom. The average molecular weight is 351 g/mol. The Bertz CT molecular complexity index is 525. The van der Waals surface area contributed by atoms with Gasteiger partial charge in [-0.2, -0.15) is 0 Å². The Morgan fingerprint density at radius 1 is 1.20 bits per heavy atom. The maximum atomic E-state index is 11.9. The molecular formula is C19H34N4O2. The second kappa shape index (κ2) is 12.4. The Balaban J connectivity index is 2.18. The van der Waals surface area contributed by atoms with Gasteiger partial charge in [0.1, 0.15) is 0 Å². The van der Waals surface area contributed by atoms with Crippen molar-refractivity contribution < 1.29 is 9.21 Å². The van der Waals surface area contributed by atoms with Gasteiger partial charge >= 0.3 is 0 Å². The number of carbonyl (C=O) groups excluding carboxylic acids is 1. The molecule has 6 heteroatoms. The molecule has 0 aliphatic carbocycles. The van der Waals surface area contributed by atoms with E-state index in [-0.39, 0.29) is 5.91 Å². The number of aliphatic imine (C=N–C) groups is 1. The molecule has 0 saturated carbocycles. The number of hydrogen-bond acceptors (Lipinski definition) is 3. The SMILES string of the molecule is CCCCC(CC)CNC(=NC)NCCCNC(=O)c1occc1C. The molecule has 0 saturated heterocycles. The Labute approximate surface area is 151 Å². The minimum absolute atomic E-state index is 0.160. The molecule has 25 heavy (non-hydrogen) atoms. The smallest absolute Gasteiger partial charge is 0.287 e. The van der Waals surface area contributed by atoms with Crippen molar-refractivity contribution in [3.05, 3.63) is 23.7 Å². The second-order valence-electron chi connectivity index (χ2n) is 6.34. The van der Waals surface area contributed by atoms with Crippen molar-refractivity contribution in [1.29, 1.82) is 0 Å². The fourth-order valence-electron chi connectivity index (χ4n) is 2.59. The van der Waals surface area contributed by atoms with Crippen LogP contribution in [0, 0.1) is 12.8 Å². The van der Waals surface area contributed by atoms with Crippen LogP contribution in [0.1, 0.15) is 62.1 Å². The lowest BCUT2D eigenvalue weighted by atomic mass is 9.99. The van der Waals surface area contributed by atoms with Crippen molar-refractivity contribution in [1.82, 2.24) is 16.0 Å². The van der Waals surface area contributed by atoms with Crippen molar-refractivity contribution in [2.24, 2.45) is 10.9 Å². The number of rotatable bonds is 11. The van der Waals surface area contributed by atoms with Crippen LogP contribution in [0.3, 0.4) is 0 Å². The molecule has 1 rings (SSSR count). The summed E-state index contributed by atoms with van der Waals surface area (Å²) in [5, 5.41) is 9.55. The Hall–Kier alpha value is -1.98. The summed E-state index contributed by atoms with van der Waals surface area (Å²) in [6, 6.07) is 1.79. The van der Waals surface area contributed by atoms with E-state index in [1.165, 1.54) is 31.9 Å². The summed E-state index contributed by atoms with van der Waals surface area (Å²) < 4.78 is 5.17. The van der Waals surface area contributed by atoms with Gasteiger partial charge in [0.2, 0.25) is 0 Å². The van der Waals surface area contributed by atoms with E-state index in [9.17, 15) is 4.79 Å². The molecule has 1 unspecified atom stereocenters. The first-order valence-corrected chi connectivity index (χ1v) is 9.39. The summed E-state index contributed by atoms with van der Waals surface area (Å²) in [4.78, 5) is 16.2. The van der Waals surface area contributed by atoms with Gasteiger partial charge in [-0.25, -0.2) is 0 Å². The highest BCUT2D eigenvalue weighted by Crippen LogP contribution is 2.11. The van der Waals surface area contributed by atoms with Gasteiger partial charge in [-0.1, -0.05) is 33.1 Å². The van der Waals surface area contributed by atoms with Crippen molar-refractivity contribution in [2.75, 3.05) is 26.7 Å². The largest absolute Gasteiger partial charge is 0.459 e. The average Bonchev–Trinajstić information content (AvgIpc) is 3.05. The third kappa shape index (κ3) is 8.09. The maximum absolute atomic E-state index is 11.9. The van der Waals surface area contributed by atoms with Crippen LogP contribution in [-0.2, 0) is 0 Å². The number of hydrogen-bond donors (Lipinski definition) is 3. The van der Waals surface area contributed by atoms with Crippen LogP contribution >= 0.6 is 0 Å². The third-order valence-electron chi connectivity index (χ3n) is 4.32. The molecule has 1 atom stereocenters. The number of nitrogens with zero attached hydrogens (tertiary/aromatic N) is 1. The van der Waals surface area contributed by atoms with Gasteiger partial charge in [-0.15, -0.1) is 0 Å². The molecule has 6 nitrogen and oxygen atoms in total. The Kier molecular flexibility index (Phi) is 10.4. The molecule has 142 valence electrons. The first-order chi connectivity index (χ1) is 12.1. The number of guanidine groups is 1. The second-order valence-corrected chi connectivity index (χ2v) is 6.34. The molecule has 0 radical (unpaired) electrons. The van der Waals surface area contributed by atoms with Gasteiger partial charge in [0.15, 0.2) is 11.7 Å². The topological polar surface area (TPSA) is 78.7 Å². The third-order valence-corrected chi connectivity index (χ3v) is 4.32. The zero-order chi connectivity index (χ0) is 18.5. The van der Waals surface area contributed by atoms with Gasteiger partial charge in [-0.05, 0) is 31.7 Å². The lowest BCUT2D eigenvalue weighted by molar-refractivity contribution is 0.0925. The quantitative estimate of drug-likeness (QED) is 0.325. The summed E-state index contributed by atoms with van der Waals surface area (Å²) in [6.07, 6.45) is 7.32. The van der Waals surface area contributed by atoms with Crippen molar-refractivity contribution in [3.63, 3.8) is 0 Å². The molecule has 1 aromatic heterocycles. The van der Waals surface area contributed by atoms with Crippen LogP contribution in [-0.4, -0.2) is 38.5 Å². The number of aryl methyl sites for hydroxylation is 1. The fraction of sp³-hybridized carbons (Fsp3) is 0.684. The van der Waals surface area contributed by atoms with E-state index in [0.29, 0.717) is 18.2 Å². The van der Waals surface area contributed by atoms with Crippen LogP contribution in [0.25, 0.3) is 0 Å². The summed E-state index contributed by atoms with van der Waals surface area (Å²) in [5.41, 5.74) is 0.855. The van der Waals surface area contributed by atoms with Gasteiger partial charge in [0.25, 0.3) is 5.91 Å². The number of furan rings is 1. The van der Waals surface area contributed by atoms with E-state index in [0.717, 1.165) is 31.0 Å². The van der Waals surface area contributed by atoms with Crippen LogP contribution in [0.5, 0.6) is 0 Å². The molecule has 1 amide bonds. The lowest BCUT2D eigenvalue weighted by Gasteiger charge is -2.18. The van der Waals surface area contributed by atoms with E-state index in [1.807, 2.05) is 6.92 Å². The number of unbranched alkanes of at least 4 members (excludes halogenated alkanes) is 1. The molecular weight excluding hydrogens is 316 g/mol. The first kappa shape index (κ1) is 21.1. The fourth-order valence-corrected chi connectivity index (χ4v) is 2.59. The van der Waals surface area contributed by atoms with Crippen molar-refractivity contribution in [3.8, 4) is 0 Å². The maximum Gasteiger partial charge on any atom is 0.287 e. The summed E-state index contributed by atoms with van der Waals surface area (Å²) >= 11 is 0. The number of nitrogens with one attached hydrogen (secondary N) is 3. The van der Waals surface area contributed by atoms with Gasteiger partial charge in [0.05, 0.1) is 6.26 Å². The minimum atomic E-state index is -0.160. The van der Waals surface area contributed by atoms with Crippen molar-refractivity contribution >= 4 is 11.9 Å². The first-order valence-electron chi connectivity index (χ1n) is 9.39. The van der Waals surface area contributed by atoms with Crippen LogP contribution < -0.4 is 16.0 Å². The molecule has 0 spiro atoms. The van der Waals surface area contributed by atoms with Gasteiger partial charge < -0.3 is 20.4 Å². The van der Waals surface area contributed by atoms with Crippen LogP contribution in [0.4, 0.5) is 0 Å². The summed E-state index contributed by atoms with van der Waals surface area (Å²) in [6.45, 7) is 8.62. The lowest BCUT2D eigenvalue weighted by Crippen LogP contribution is -2.40. The molecule has 0 aliphatic rings. The van der Waals surface area contributed by atoms with Crippen LogP contribution in [0.15, 0.2) is 21.7 Å². The van der Waals surface area contributed by atoms with Crippen LogP contribution in [0.2, 0.25) is 0 Å². The highest BCUT2D eigenvalue weighted by Gasteiger charge is 2.11. The minimum Gasteiger partial charge on any atom is -0.459 e. The summed E-state index contributed by atoms with van der Waals surface area (Å²) in [7, 11) is 1.78. The molecule has 0 bridgehead atoms. The molecule has 1 heterocycles. The predicted octanol–water partition coefficient (Wildman–Crippen LogP) is 3.09. The van der Waals surface area contributed by atoms with E-state index in [2.05, 4.69) is 34.8 Å². The van der Waals surface area contributed by atoms with Gasteiger partial charge in [-0.3, -0.25) is 9.79 Å². The summed E-state index contributed by atoms with van der Waals surface area (Å²) in [5.74, 6) is 1.74. The monoisotopic (exact) mass is 350 g/mol. The highest BCUT2D eigenvalue weighted by atomic mass is 16.3. The molecule has 0 aliphatic heterocycles. The number of amides is 1. The van der Waals surface area contributed by atoms with E-state index in [1.54, 1.807) is 13.1 Å². The van der Waals surface area contributed by atoms with E-state index < -0.39 is 0 Å². The number of carbonyl (C=O) groups is 1. The standard InChI is InChI=1S/C19H34N4O2/c1-5-7-9-16(6-2)14-23-19(20-4)22-12-8-11-21-18(24)17-15(3)10-13-25-17/h10,13,16H,5-9,11-12,14H2,1-4H3,(H,21,24)(H2,20,22,23). The molecule has 1 aromatic rings. The Morgan fingerprint density at radius 3 is 2.56 bits per heavy atom. The van der Waals surface area contributed by atoms with E-state index >= 15 is 0 Å². The zero-order valence-electron chi connectivity index (χ0n) is 16.2. The molecule has 3 N–H and O–H groups in total.